The first kappa shape index (κ1) is 30.3. The highest BCUT2D eigenvalue weighted by Gasteiger charge is 2.31. The smallest absolute Gasteiger partial charge is 0.234 e. The first-order valence-electron chi connectivity index (χ1n) is 14.6. The molecule has 7 heteroatoms. The second-order valence-corrected chi connectivity index (χ2v) is 10.5. The van der Waals surface area contributed by atoms with E-state index in [1.54, 1.807) is 21.3 Å². The van der Waals surface area contributed by atoms with Crippen molar-refractivity contribution in [2.75, 3.05) is 41.0 Å². The van der Waals surface area contributed by atoms with E-state index in [-0.39, 0.29) is 11.9 Å². The molecule has 0 aromatic heterocycles. The number of hydrogen-bond acceptors (Lipinski definition) is 6. The van der Waals surface area contributed by atoms with Crippen molar-refractivity contribution in [1.82, 2.24) is 10.2 Å². The fourth-order valence-corrected chi connectivity index (χ4v) is 5.44. The van der Waals surface area contributed by atoms with Gasteiger partial charge in [-0.05, 0) is 65.8 Å². The van der Waals surface area contributed by atoms with Crippen LogP contribution < -0.4 is 24.3 Å². The van der Waals surface area contributed by atoms with Crippen LogP contribution in [0.2, 0.25) is 0 Å². The van der Waals surface area contributed by atoms with Crippen molar-refractivity contribution in [3.63, 3.8) is 0 Å². The van der Waals surface area contributed by atoms with Gasteiger partial charge in [0.1, 0.15) is 0 Å². The predicted octanol–water partition coefficient (Wildman–Crippen LogP) is 6.13. The molecular formula is C34H44N2O5. The van der Waals surface area contributed by atoms with E-state index in [4.69, 9.17) is 18.9 Å². The molecule has 0 fully saturated rings. The maximum atomic E-state index is 13.1. The molecule has 1 atom stereocenters. The third-order valence-corrected chi connectivity index (χ3v) is 7.71. The zero-order valence-electron chi connectivity index (χ0n) is 24.9. The van der Waals surface area contributed by atoms with Crippen LogP contribution in [-0.4, -0.2) is 51.8 Å². The largest absolute Gasteiger partial charge is 0.493 e. The summed E-state index contributed by atoms with van der Waals surface area (Å²) in [5, 5.41) is 3.10. The van der Waals surface area contributed by atoms with Crippen LogP contribution >= 0.6 is 0 Å². The minimum absolute atomic E-state index is 0.00974. The maximum Gasteiger partial charge on any atom is 0.234 e. The molecule has 0 radical (unpaired) electrons. The molecular weight excluding hydrogens is 516 g/mol. The molecule has 1 amide bonds. The summed E-state index contributed by atoms with van der Waals surface area (Å²) in [6.07, 6.45) is 6.10. The van der Waals surface area contributed by atoms with Crippen LogP contribution in [0.25, 0.3) is 0 Å². The molecule has 0 saturated heterocycles. The Balaban J connectivity index is 1.59. The van der Waals surface area contributed by atoms with E-state index in [0.29, 0.717) is 37.6 Å². The Kier molecular flexibility index (Phi) is 11.3. The van der Waals surface area contributed by atoms with Gasteiger partial charge in [-0.1, -0.05) is 62.6 Å². The molecule has 1 unspecified atom stereocenters. The number of amides is 1. The number of rotatable bonds is 15. The predicted molar refractivity (Wildman–Crippen MR) is 162 cm³/mol. The average Bonchev–Trinajstić information content (AvgIpc) is 3.01. The van der Waals surface area contributed by atoms with Gasteiger partial charge in [0.15, 0.2) is 23.0 Å². The molecule has 4 rings (SSSR count). The Morgan fingerprint density at radius 2 is 1.61 bits per heavy atom. The minimum atomic E-state index is -0.0207. The van der Waals surface area contributed by atoms with Crippen molar-refractivity contribution in [3.8, 4) is 23.0 Å². The molecule has 220 valence electrons. The van der Waals surface area contributed by atoms with Crippen LogP contribution in [0.15, 0.2) is 60.7 Å². The SMILES string of the molecule is CCCCCCOc1cc2c(cc1OC)CCN(CC(=O)NCc1ccccc1)C2Cc1ccc(OC)c(OC)c1. The summed E-state index contributed by atoms with van der Waals surface area (Å²) in [6, 6.07) is 20.3. The van der Waals surface area contributed by atoms with E-state index in [2.05, 4.69) is 35.3 Å². The van der Waals surface area contributed by atoms with Crippen molar-refractivity contribution < 1.29 is 23.7 Å². The first-order valence-corrected chi connectivity index (χ1v) is 14.6. The molecule has 3 aromatic carbocycles. The van der Waals surface area contributed by atoms with E-state index in [1.807, 2.05) is 42.5 Å². The van der Waals surface area contributed by atoms with Crippen LogP contribution in [0.5, 0.6) is 23.0 Å². The summed E-state index contributed by atoms with van der Waals surface area (Å²) in [5.41, 5.74) is 4.59. The lowest BCUT2D eigenvalue weighted by atomic mass is 9.88. The second kappa shape index (κ2) is 15.3. The topological polar surface area (TPSA) is 69.3 Å². The van der Waals surface area contributed by atoms with Gasteiger partial charge in [0.2, 0.25) is 5.91 Å². The van der Waals surface area contributed by atoms with Gasteiger partial charge in [-0.3, -0.25) is 9.69 Å². The Labute approximate surface area is 244 Å². The Morgan fingerprint density at radius 3 is 2.34 bits per heavy atom. The van der Waals surface area contributed by atoms with Gasteiger partial charge in [-0.25, -0.2) is 0 Å². The number of methoxy groups -OCH3 is 3. The van der Waals surface area contributed by atoms with Gasteiger partial charge in [0.25, 0.3) is 0 Å². The number of benzene rings is 3. The normalized spacial score (nSPS) is 14.7. The molecule has 7 nitrogen and oxygen atoms in total. The van der Waals surface area contributed by atoms with Crippen molar-refractivity contribution >= 4 is 5.91 Å². The number of nitrogens with zero attached hydrogens (tertiary/aromatic N) is 1. The van der Waals surface area contributed by atoms with Crippen LogP contribution in [0.1, 0.15) is 60.9 Å². The quantitative estimate of drug-likeness (QED) is 0.226. The lowest BCUT2D eigenvalue weighted by Gasteiger charge is -2.37. The number of hydrogen-bond donors (Lipinski definition) is 1. The second-order valence-electron chi connectivity index (χ2n) is 10.5. The number of carbonyl (C=O) groups is 1. The standard InChI is InChI=1S/C34H44N2O5/c1-5-6-7-11-18-41-33-22-28-27(21-32(33)40-4)16-17-36(24-34(37)35-23-25-12-9-8-10-13-25)29(28)19-26-14-15-30(38-2)31(20-26)39-3/h8-10,12-15,20-22,29H,5-7,11,16-19,23-24H2,1-4H3,(H,35,37). The fourth-order valence-electron chi connectivity index (χ4n) is 5.44. The van der Waals surface area contributed by atoms with E-state index in [0.717, 1.165) is 48.4 Å². The summed E-state index contributed by atoms with van der Waals surface area (Å²) in [5.74, 6) is 2.92. The summed E-state index contributed by atoms with van der Waals surface area (Å²) in [7, 11) is 4.98. The number of carbonyl (C=O) groups excluding carboxylic acids is 1. The van der Waals surface area contributed by atoms with Crippen molar-refractivity contribution in [3.05, 3.63) is 82.9 Å². The zero-order chi connectivity index (χ0) is 29.0. The van der Waals surface area contributed by atoms with Crippen molar-refractivity contribution in [2.45, 2.75) is 58.0 Å². The van der Waals surface area contributed by atoms with Crippen LogP contribution in [0.4, 0.5) is 0 Å². The molecule has 0 bridgehead atoms. The number of unbranched alkanes of at least 4 members (excludes halogenated alkanes) is 3. The summed E-state index contributed by atoms with van der Waals surface area (Å²) < 4.78 is 23.0. The van der Waals surface area contributed by atoms with Gasteiger partial charge in [-0.15, -0.1) is 0 Å². The van der Waals surface area contributed by atoms with E-state index < -0.39 is 0 Å². The highest BCUT2D eigenvalue weighted by Crippen LogP contribution is 2.40. The number of ether oxygens (including phenoxy) is 4. The summed E-state index contributed by atoms with van der Waals surface area (Å²) >= 11 is 0. The molecule has 1 heterocycles. The Bertz CT molecular complexity index is 1260. The molecule has 1 aliphatic heterocycles. The molecule has 41 heavy (non-hydrogen) atoms. The third-order valence-electron chi connectivity index (χ3n) is 7.71. The Morgan fingerprint density at radius 1 is 0.854 bits per heavy atom. The molecule has 3 aromatic rings. The minimum Gasteiger partial charge on any atom is -0.493 e. The van der Waals surface area contributed by atoms with Gasteiger partial charge in [0.05, 0.1) is 34.5 Å². The van der Waals surface area contributed by atoms with Gasteiger partial charge < -0.3 is 24.3 Å². The number of fused-ring (bicyclic) bond motifs is 1. The molecule has 0 aliphatic carbocycles. The third kappa shape index (κ3) is 8.17. The van der Waals surface area contributed by atoms with E-state index >= 15 is 0 Å². The van der Waals surface area contributed by atoms with Crippen molar-refractivity contribution in [2.24, 2.45) is 0 Å². The summed E-state index contributed by atoms with van der Waals surface area (Å²) in [6.45, 7) is 4.45. The lowest BCUT2D eigenvalue weighted by molar-refractivity contribution is -0.123. The molecule has 0 saturated carbocycles. The number of nitrogens with one attached hydrogen (secondary N) is 1. The van der Waals surface area contributed by atoms with Crippen LogP contribution in [-0.2, 0) is 24.2 Å². The maximum absolute atomic E-state index is 13.1. The van der Waals surface area contributed by atoms with E-state index in [1.165, 1.54) is 24.0 Å². The lowest BCUT2D eigenvalue weighted by Crippen LogP contribution is -2.43. The first-order chi connectivity index (χ1) is 20.1. The van der Waals surface area contributed by atoms with Crippen molar-refractivity contribution in [1.29, 1.82) is 0 Å². The molecule has 0 spiro atoms. The highest BCUT2D eigenvalue weighted by molar-refractivity contribution is 5.78. The van der Waals surface area contributed by atoms with E-state index in [9.17, 15) is 4.79 Å². The van der Waals surface area contributed by atoms with Crippen LogP contribution in [0.3, 0.4) is 0 Å². The Hall–Kier alpha value is -3.71. The van der Waals surface area contributed by atoms with Gasteiger partial charge in [-0.2, -0.15) is 0 Å². The molecule has 1 N–H and O–H groups in total. The average molecular weight is 561 g/mol. The summed E-state index contributed by atoms with van der Waals surface area (Å²) in [4.78, 5) is 15.4. The highest BCUT2D eigenvalue weighted by atomic mass is 16.5. The van der Waals surface area contributed by atoms with Crippen LogP contribution in [0, 0.1) is 0 Å². The van der Waals surface area contributed by atoms with Gasteiger partial charge in [0, 0.05) is 19.1 Å². The monoisotopic (exact) mass is 560 g/mol. The zero-order valence-corrected chi connectivity index (χ0v) is 24.9. The fraction of sp³-hybridized carbons (Fsp3) is 0.441. The molecule has 1 aliphatic rings. The van der Waals surface area contributed by atoms with Gasteiger partial charge >= 0.3 is 0 Å².